The maximum Gasteiger partial charge on any atom is 0.137 e. The van der Waals surface area contributed by atoms with Gasteiger partial charge in [0.05, 0.1) is 24.8 Å². The van der Waals surface area contributed by atoms with E-state index in [4.69, 9.17) is 9.47 Å². The number of benzene rings is 1. The van der Waals surface area contributed by atoms with E-state index in [1.165, 1.54) is 0 Å². The molecule has 1 atom stereocenters. The second-order valence-electron chi connectivity index (χ2n) is 3.95. The molecular weight excluding hydrogens is 284 g/mol. The van der Waals surface area contributed by atoms with Crippen molar-refractivity contribution < 1.29 is 14.6 Å². The van der Waals surface area contributed by atoms with Crippen LogP contribution in [0.1, 0.15) is 25.3 Å². The molecule has 0 radical (unpaired) electrons. The summed E-state index contributed by atoms with van der Waals surface area (Å²) < 4.78 is 11.4. The molecule has 1 rings (SSSR count). The Hall–Kier alpha value is -0.740. The van der Waals surface area contributed by atoms with Gasteiger partial charge in [-0.1, -0.05) is 13.3 Å². The molecular formula is C13H19BrO3. The van der Waals surface area contributed by atoms with Crippen molar-refractivity contribution in [3.05, 3.63) is 22.2 Å². The first kappa shape index (κ1) is 14.3. The molecule has 17 heavy (non-hydrogen) atoms. The SMILES string of the molecule is CCCC(O)Cc1cc(OC)cc(OC)c1Br. The normalized spacial score (nSPS) is 12.3. The highest BCUT2D eigenvalue weighted by atomic mass is 79.9. The zero-order valence-electron chi connectivity index (χ0n) is 10.5. The Bertz CT molecular complexity index is 366. The highest BCUT2D eigenvalue weighted by Gasteiger charge is 2.13. The molecule has 0 spiro atoms. The molecule has 3 nitrogen and oxygen atoms in total. The number of methoxy groups -OCH3 is 2. The smallest absolute Gasteiger partial charge is 0.137 e. The minimum absolute atomic E-state index is 0.326. The molecule has 0 aliphatic carbocycles. The van der Waals surface area contributed by atoms with Crippen LogP contribution in [0.5, 0.6) is 11.5 Å². The van der Waals surface area contributed by atoms with Crippen molar-refractivity contribution in [2.45, 2.75) is 32.3 Å². The average Bonchev–Trinajstić information content (AvgIpc) is 2.32. The van der Waals surface area contributed by atoms with E-state index in [9.17, 15) is 5.11 Å². The maximum atomic E-state index is 9.85. The fourth-order valence-electron chi connectivity index (χ4n) is 1.73. The predicted molar refractivity (Wildman–Crippen MR) is 71.9 cm³/mol. The Morgan fingerprint density at radius 1 is 1.29 bits per heavy atom. The van der Waals surface area contributed by atoms with E-state index in [1.54, 1.807) is 14.2 Å². The van der Waals surface area contributed by atoms with Gasteiger partial charge in [-0.2, -0.15) is 0 Å². The maximum absolute atomic E-state index is 9.85. The lowest BCUT2D eigenvalue weighted by molar-refractivity contribution is 0.163. The molecule has 0 amide bonds. The number of ether oxygens (including phenoxy) is 2. The number of aliphatic hydroxyl groups excluding tert-OH is 1. The van der Waals surface area contributed by atoms with E-state index >= 15 is 0 Å². The summed E-state index contributed by atoms with van der Waals surface area (Å²) in [7, 11) is 3.24. The minimum atomic E-state index is -0.326. The Morgan fingerprint density at radius 2 is 2.00 bits per heavy atom. The number of hydrogen-bond donors (Lipinski definition) is 1. The van der Waals surface area contributed by atoms with Gasteiger partial charge in [-0.3, -0.25) is 0 Å². The summed E-state index contributed by atoms with van der Waals surface area (Å²) >= 11 is 3.49. The Kier molecular flexibility index (Phi) is 5.78. The fourth-order valence-corrected chi connectivity index (χ4v) is 2.28. The number of hydrogen-bond acceptors (Lipinski definition) is 3. The molecule has 0 aromatic heterocycles. The zero-order chi connectivity index (χ0) is 12.8. The monoisotopic (exact) mass is 302 g/mol. The van der Waals surface area contributed by atoms with Gasteiger partial charge in [-0.05, 0) is 40.4 Å². The van der Waals surface area contributed by atoms with Crippen LogP contribution in [0.4, 0.5) is 0 Å². The van der Waals surface area contributed by atoms with Gasteiger partial charge in [0.1, 0.15) is 11.5 Å². The molecule has 1 N–H and O–H groups in total. The molecule has 0 saturated carbocycles. The fraction of sp³-hybridized carbons (Fsp3) is 0.538. The second-order valence-corrected chi connectivity index (χ2v) is 4.74. The summed E-state index contributed by atoms with van der Waals surface area (Å²) in [5.74, 6) is 1.46. The number of aliphatic hydroxyl groups is 1. The van der Waals surface area contributed by atoms with Gasteiger partial charge in [-0.25, -0.2) is 0 Å². The zero-order valence-corrected chi connectivity index (χ0v) is 12.1. The molecule has 4 heteroatoms. The summed E-state index contributed by atoms with van der Waals surface area (Å²) in [6, 6.07) is 3.74. The molecule has 1 aromatic rings. The van der Waals surface area contributed by atoms with Gasteiger partial charge < -0.3 is 14.6 Å². The Labute approximate surface area is 111 Å². The Balaban J connectivity index is 2.96. The Morgan fingerprint density at radius 3 is 2.53 bits per heavy atom. The van der Waals surface area contributed by atoms with Gasteiger partial charge in [0, 0.05) is 6.07 Å². The van der Waals surface area contributed by atoms with E-state index in [2.05, 4.69) is 22.9 Å². The molecule has 0 bridgehead atoms. The van der Waals surface area contributed by atoms with Crippen molar-refractivity contribution >= 4 is 15.9 Å². The van der Waals surface area contributed by atoms with Crippen LogP contribution in [0, 0.1) is 0 Å². The lowest BCUT2D eigenvalue weighted by Gasteiger charge is -2.14. The molecule has 1 unspecified atom stereocenters. The highest BCUT2D eigenvalue weighted by Crippen LogP contribution is 2.34. The van der Waals surface area contributed by atoms with Crippen molar-refractivity contribution in [1.29, 1.82) is 0 Å². The first-order chi connectivity index (χ1) is 8.12. The van der Waals surface area contributed by atoms with Crippen LogP contribution in [0.25, 0.3) is 0 Å². The van der Waals surface area contributed by atoms with E-state index < -0.39 is 0 Å². The van der Waals surface area contributed by atoms with E-state index in [1.807, 2.05) is 12.1 Å². The third-order valence-electron chi connectivity index (χ3n) is 2.62. The first-order valence-corrected chi connectivity index (χ1v) is 6.50. The van der Waals surface area contributed by atoms with Crippen LogP contribution in [-0.4, -0.2) is 25.4 Å². The molecule has 0 fully saturated rings. The standard InChI is InChI=1S/C13H19BrO3/c1-4-5-10(15)6-9-7-11(16-2)8-12(17-3)13(9)14/h7-8,10,15H,4-6H2,1-3H3. The minimum Gasteiger partial charge on any atom is -0.497 e. The van der Waals surface area contributed by atoms with E-state index in [-0.39, 0.29) is 6.10 Å². The average molecular weight is 303 g/mol. The van der Waals surface area contributed by atoms with Gasteiger partial charge in [0.25, 0.3) is 0 Å². The lowest BCUT2D eigenvalue weighted by Crippen LogP contribution is -2.10. The highest BCUT2D eigenvalue weighted by molar-refractivity contribution is 9.10. The predicted octanol–water partition coefficient (Wildman–Crippen LogP) is 3.17. The van der Waals surface area contributed by atoms with Crippen LogP contribution in [-0.2, 0) is 6.42 Å². The van der Waals surface area contributed by atoms with Crippen LogP contribution in [0.15, 0.2) is 16.6 Å². The molecule has 0 heterocycles. The summed E-state index contributed by atoms with van der Waals surface area (Å²) in [4.78, 5) is 0. The van der Waals surface area contributed by atoms with Crippen LogP contribution in [0.3, 0.4) is 0 Å². The lowest BCUT2D eigenvalue weighted by atomic mass is 10.0. The molecule has 0 aliphatic heterocycles. The van der Waals surface area contributed by atoms with E-state index in [0.717, 1.165) is 34.4 Å². The quantitative estimate of drug-likeness (QED) is 0.877. The summed E-state index contributed by atoms with van der Waals surface area (Å²) in [6.45, 7) is 2.06. The number of halogens is 1. The summed E-state index contributed by atoms with van der Waals surface area (Å²) in [6.07, 6.45) is 2.04. The van der Waals surface area contributed by atoms with Crippen molar-refractivity contribution in [3.8, 4) is 11.5 Å². The van der Waals surface area contributed by atoms with Crippen LogP contribution in [0.2, 0.25) is 0 Å². The van der Waals surface area contributed by atoms with Crippen molar-refractivity contribution in [1.82, 2.24) is 0 Å². The van der Waals surface area contributed by atoms with E-state index in [0.29, 0.717) is 6.42 Å². The second kappa shape index (κ2) is 6.87. The molecule has 1 aromatic carbocycles. The summed E-state index contributed by atoms with van der Waals surface area (Å²) in [5.41, 5.74) is 1.00. The third kappa shape index (κ3) is 3.89. The largest absolute Gasteiger partial charge is 0.497 e. The van der Waals surface area contributed by atoms with Crippen molar-refractivity contribution in [2.75, 3.05) is 14.2 Å². The van der Waals surface area contributed by atoms with Gasteiger partial charge in [0.15, 0.2) is 0 Å². The third-order valence-corrected chi connectivity index (χ3v) is 3.52. The first-order valence-electron chi connectivity index (χ1n) is 5.70. The van der Waals surface area contributed by atoms with Crippen LogP contribution < -0.4 is 9.47 Å². The van der Waals surface area contributed by atoms with Crippen LogP contribution >= 0.6 is 15.9 Å². The van der Waals surface area contributed by atoms with Crippen molar-refractivity contribution in [2.24, 2.45) is 0 Å². The van der Waals surface area contributed by atoms with Gasteiger partial charge in [0.2, 0.25) is 0 Å². The van der Waals surface area contributed by atoms with Crippen molar-refractivity contribution in [3.63, 3.8) is 0 Å². The molecule has 0 aliphatic rings. The summed E-state index contributed by atoms with van der Waals surface area (Å²) in [5, 5.41) is 9.85. The molecule has 96 valence electrons. The topological polar surface area (TPSA) is 38.7 Å². The molecule has 0 saturated heterocycles. The van der Waals surface area contributed by atoms with Gasteiger partial charge in [-0.15, -0.1) is 0 Å². The number of rotatable bonds is 6. The van der Waals surface area contributed by atoms with Gasteiger partial charge >= 0.3 is 0 Å².